The first-order valence-electron chi connectivity index (χ1n) is 5.27. The van der Waals surface area contributed by atoms with Gasteiger partial charge in [-0.1, -0.05) is 6.92 Å². The molecule has 0 saturated heterocycles. The molecule has 1 aromatic rings. The van der Waals surface area contributed by atoms with E-state index in [9.17, 15) is 0 Å². The minimum atomic E-state index is 0.190. The normalized spacial score (nSPS) is 14.7. The highest BCUT2D eigenvalue weighted by molar-refractivity contribution is 5.57. The summed E-state index contributed by atoms with van der Waals surface area (Å²) in [5.74, 6) is 0.228. The number of aryl methyl sites for hydroxylation is 1. The van der Waals surface area contributed by atoms with E-state index in [4.69, 9.17) is 10.8 Å². The number of benzene rings is 1. The Morgan fingerprint density at radius 2 is 2.00 bits per heavy atom. The van der Waals surface area contributed by atoms with Crippen molar-refractivity contribution in [3.63, 3.8) is 0 Å². The van der Waals surface area contributed by atoms with Crippen molar-refractivity contribution in [1.82, 2.24) is 0 Å². The Balaban J connectivity index is 2.72. The van der Waals surface area contributed by atoms with Crippen molar-refractivity contribution in [3.05, 3.63) is 23.8 Å². The first-order chi connectivity index (χ1) is 7.02. The molecule has 3 heteroatoms. The molecule has 2 atom stereocenters. The number of aliphatic hydroxyl groups is 1. The number of nitrogens with one attached hydrogen (secondary N) is 1. The Morgan fingerprint density at radius 1 is 1.33 bits per heavy atom. The highest BCUT2D eigenvalue weighted by atomic mass is 16.3. The molecule has 0 aliphatic heterocycles. The van der Waals surface area contributed by atoms with Gasteiger partial charge in [0.2, 0.25) is 0 Å². The van der Waals surface area contributed by atoms with Gasteiger partial charge in [-0.15, -0.1) is 0 Å². The monoisotopic (exact) mass is 208 g/mol. The Bertz CT molecular complexity index is 305. The molecule has 0 spiro atoms. The Kier molecular flexibility index (Phi) is 3.97. The molecule has 0 saturated carbocycles. The van der Waals surface area contributed by atoms with Gasteiger partial charge >= 0.3 is 0 Å². The molecule has 1 aromatic carbocycles. The molecule has 0 aliphatic rings. The topological polar surface area (TPSA) is 58.3 Å². The predicted octanol–water partition coefficient (Wildman–Crippen LogP) is 2.01. The summed E-state index contributed by atoms with van der Waals surface area (Å²) in [4.78, 5) is 0. The molecule has 0 aliphatic carbocycles. The lowest BCUT2D eigenvalue weighted by atomic mass is 10.0. The second kappa shape index (κ2) is 5.03. The zero-order chi connectivity index (χ0) is 11.4. The number of hydrogen-bond donors (Lipinski definition) is 3. The highest BCUT2D eigenvalue weighted by Crippen LogP contribution is 2.18. The van der Waals surface area contributed by atoms with Gasteiger partial charge in [0.05, 0.1) is 0 Å². The van der Waals surface area contributed by atoms with Crippen LogP contribution in [0.4, 0.5) is 11.4 Å². The summed E-state index contributed by atoms with van der Waals surface area (Å²) in [7, 11) is 0. The van der Waals surface area contributed by atoms with E-state index >= 15 is 0 Å². The van der Waals surface area contributed by atoms with Gasteiger partial charge in [0.25, 0.3) is 0 Å². The minimum absolute atomic E-state index is 0.190. The number of rotatable bonds is 4. The predicted molar refractivity (Wildman–Crippen MR) is 64.9 cm³/mol. The first kappa shape index (κ1) is 11.9. The van der Waals surface area contributed by atoms with Crippen molar-refractivity contribution in [2.24, 2.45) is 5.92 Å². The number of aliphatic hydroxyl groups excluding tert-OH is 1. The molecule has 0 bridgehead atoms. The zero-order valence-corrected chi connectivity index (χ0v) is 9.62. The minimum Gasteiger partial charge on any atom is -0.399 e. The van der Waals surface area contributed by atoms with E-state index in [1.54, 1.807) is 0 Å². The van der Waals surface area contributed by atoms with Crippen LogP contribution in [0.25, 0.3) is 0 Å². The van der Waals surface area contributed by atoms with Crippen LogP contribution in [0.15, 0.2) is 18.2 Å². The molecule has 4 N–H and O–H groups in total. The standard InChI is InChI=1S/C12H20N2O/c1-8-4-11(13)6-12(5-8)14-10(3)9(2)7-15/h4-6,9-10,14-15H,7,13H2,1-3H3. The van der Waals surface area contributed by atoms with E-state index in [0.29, 0.717) is 0 Å². The van der Waals surface area contributed by atoms with Crippen LogP contribution in [0.1, 0.15) is 19.4 Å². The quantitative estimate of drug-likeness (QED) is 0.663. The first-order valence-corrected chi connectivity index (χ1v) is 5.27. The van der Waals surface area contributed by atoms with E-state index in [0.717, 1.165) is 16.9 Å². The average Bonchev–Trinajstić information content (AvgIpc) is 2.14. The van der Waals surface area contributed by atoms with Gasteiger partial charge in [-0.05, 0) is 43.5 Å². The Morgan fingerprint density at radius 3 is 2.53 bits per heavy atom. The molecule has 15 heavy (non-hydrogen) atoms. The molecule has 1 rings (SSSR count). The fraction of sp³-hybridized carbons (Fsp3) is 0.500. The largest absolute Gasteiger partial charge is 0.399 e. The third kappa shape index (κ3) is 3.44. The van der Waals surface area contributed by atoms with Crippen molar-refractivity contribution in [3.8, 4) is 0 Å². The lowest BCUT2D eigenvalue weighted by Crippen LogP contribution is -2.26. The van der Waals surface area contributed by atoms with Crippen LogP contribution in [0.5, 0.6) is 0 Å². The fourth-order valence-electron chi connectivity index (χ4n) is 1.46. The van der Waals surface area contributed by atoms with Gasteiger partial charge in [-0.2, -0.15) is 0 Å². The third-order valence-corrected chi connectivity index (χ3v) is 2.64. The Labute approximate surface area is 91.3 Å². The number of anilines is 2. The maximum atomic E-state index is 9.03. The van der Waals surface area contributed by atoms with Crippen molar-refractivity contribution in [2.75, 3.05) is 17.7 Å². The van der Waals surface area contributed by atoms with Gasteiger partial charge in [0, 0.05) is 24.0 Å². The van der Waals surface area contributed by atoms with Crippen molar-refractivity contribution in [1.29, 1.82) is 0 Å². The van der Waals surface area contributed by atoms with Crippen LogP contribution >= 0.6 is 0 Å². The summed E-state index contributed by atoms with van der Waals surface area (Å²) in [6.07, 6.45) is 0. The van der Waals surface area contributed by atoms with Gasteiger partial charge < -0.3 is 16.2 Å². The molecular weight excluding hydrogens is 188 g/mol. The van der Waals surface area contributed by atoms with Crippen molar-refractivity contribution in [2.45, 2.75) is 26.8 Å². The zero-order valence-electron chi connectivity index (χ0n) is 9.62. The van der Waals surface area contributed by atoms with Crippen LogP contribution in [0.2, 0.25) is 0 Å². The van der Waals surface area contributed by atoms with Gasteiger partial charge in [0.15, 0.2) is 0 Å². The average molecular weight is 208 g/mol. The molecular formula is C12H20N2O. The Hall–Kier alpha value is -1.22. The van der Waals surface area contributed by atoms with Crippen LogP contribution in [-0.4, -0.2) is 17.8 Å². The summed E-state index contributed by atoms with van der Waals surface area (Å²) in [5, 5.41) is 12.4. The molecule has 0 radical (unpaired) electrons. The fourth-order valence-corrected chi connectivity index (χ4v) is 1.46. The molecule has 0 amide bonds. The van der Waals surface area contributed by atoms with Gasteiger partial charge in [-0.25, -0.2) is 0 Å². The van der Waals surface area contributed by atoms with Crippen molar-refractivity contribution < 1.29 is 5.11 Å². The van der Waals surface area contributed by atoms with Crippen LogP contribution < -0.4 is 11.1 Å². The molecule has 2 unspecified atom stereocenters. The summed E-state index contributed by atoms with van der Waals surface area (Å²) in [5.41, 5.74) is 8.67. The third-order valence-electron chi connectivity index (χ3n) is 2.64. The molecule has 84 valence electrons. The summed E-state index contributed by atoms with van der Waals surface area (Å²) < 4.78 is 0. The van der Waals surface area contributed by atoms with E-state index in [2.05, 4.69) is 18.3 Å². The molecule has 0 aromatic heterocycles. The van der Waals surface area contributed by atoms with Gasteiger partial charge in [0.1, 0.15) is 0 Å². The van der Waals surface area contributed by atoms with Gasteiger partial charge in [-0.3, -0.25) is 0 Å². The second-order valence-corrected chi connectivity index (χ2v) is 4.23. The van der Waals surface area contributed by atoms with Crippen molar-refractivity contribution >= 4 is 11.4 Å². The number of hydrogen-bond acceptors (Lipinski definition) is 3. The molecule has 0 heterocycles. The van der Waals surface area contributed by atoms with Crippen LogP contribution in [0.3, 0.4) is 0 Å². The van der Waals surface area contributed by atoms with Crippen LogP contribution in [0, 0.1) is 12.8 Å². The molecule has 3 nitrogen and oxygen atoms in total. The maximum absolute atomic E-state index is 9.03. The van der Waals surface area contributed by atoms with E-state index in [-0.39, 0.29) is 18.6 Å². The maximum Gasteiger partial charge on any atom is 0.0476 e. The van der Waals surface area contributed by atoms with Crippen LogP contribution in [-0.2, 0) is 0 Å². The second-order valence-electron chi connectivity index (χ2n) is 4.23. The summed E-state index contributed by atoms with van der Waals surface area (Å²) in [6.45, 7) is 6.27. The van der Waals surface area contributed by atoms with E-state index in [1.165, 1.54) is 0 Å². The number of nitrogen functional groups attached to an aromatic ring is 1. The number of nitrogens with two attached hydrogens (primary N) is 1. The van der Waals surface area contributed by atoms with E-state index in [1.807, 2.05) is 26.0 Å². The lowest BCUT2D eigenvalue weighted by Gasteiger charge is -2.21. The summed E-state index contributed by atoms with van der Waals surface area (Å²) in [6, 6.07) is 6.13. The SMILES string of the molecule is Cc1cc(N)cc(NC(C)C(C)CO)c1. The highest BCUT2D eigenvalue weighted by Gasteiger charge is 2.10. The molecule has 0 fully saturated rings. The van der Waals surface area contributed by atoms with E-state index < -0.39 is 0 Å². The summed E-state index contributed by atoms with van der Waals surface area (Å²) >= 11 is 0. The smallest absolute Gasteiger partial charge is 0.0476 e. The lowest BCUT2D eigenvalue weighted by molar-refractivity contribution is 0.226.